The van der Waals surface area contributed by atoms with E-state index >= 15 is 0 Å². The molecule has 0 spiro atoms. The molecule has 0 amide bonds. The van der Waals surface area contributed by atoms with Crippen LogP contribution in [0.5, 0.6) is 5.75 Å². The van der Waals surface area contributed by atoms with Gasteiger partial charge in [-0.05, 0) is 51.3 Å². The number of aromatic hydroxyl groups is 1. The molecule has 6 heteroatoms. The lowest BCUT2D eigenvalue weighted by molar-refractivity contribution is 0.0693. The minimum absolute atomic E-state index is 0.0569. The molecule has 0 saturated heterocycles. The molecule has 0 radical (unpaired) electrons. The molecule has 98 valence electrons. The van der Waals surface area contributed by atoms with Crippen LogP contribution in [0.1, 0.15) is 10.4 Å². The molecule has 0 aliphatic carbocycles. The van der Waals surface area contributed by atoms with Gasteiger partial charge in [-0.2, -0.15) is 0 Å². The van der Waals surface area contributed by atoms with E-state index in [0.29, 0.717) is 11.1 Å². The molecule has 0 unspecified atom stereocenters. The van der Waals surface area contributed by atoms with Gasteiger partial charge in [-0.1, -0.05) is 17.7 Å². The van der Waals surface area contributed by atoms with E-state index in [9.17, 15) is 14.3 Å². The molecule has 0 aliphatic heterocycles. The predicted molar refractivity (Wildman–Crippen MR) is 73.2 cm³/mol. The molecule has 2 aromatic rings. The highest BCUT2D eigenvalue weighted by Gasteiger charge is 2.15. The Morgan fingerprint density at radius 2 is 1.89 bits per heavy atom. The van der Waals surface area contributed by atoms with Gasteiger partial charge in [0.2, 0.25) is 0 Å². The molecule has 19 heavy (non-hydrogen) atoms. The van der Waals surface area contributed by atoms with Gasteiger partial charge in [0.25, 0.3) is 0 Å². The maximum absolute atomic E-state index is 13.1. The SMILES string of the molecule is O=C(O)c1cc(-c2ccc(F)c(Cl)c2)cc(Br)c1O. The number of hydrogen-bond acceptors (Lipinski definition) is 2. The summed E-state index contributed by atoms with van der Waals surface area (Å²) in [5.74, 6) is -2.17. The number of rotatable bonds is 2. The number of phenols is 1. The van der Waals surface area contributed by atoms with Gasteiger partial charge in [0, 0.05) is 0 Å². The van der Waals surface area contributed by atoms with E-state index in [0.717, 1.165) is 0 Å². The van der Waals surface area contributed by atoms with Crippen LogP contribution in [0.2, 0.25) is 5.02 Å². The van der Waals surface area contributed by atoms with E-state index < -0.39 is 11.8 Å². The molecule has 0 saturated carbocycles. The number of benzene rings is 2. The molecule has 3 nitrogen and oxygen atoms in total. The summed E-state index contributed by atoms with van der Waals surface area (Å²) < 4.78 is 13.3. The van der Waals surface area contributed by atoms with Crippen molar-refractivity contribution in [2.45, 2.75) is 0 Å². The van der Waals surface area contributed by atoms with E-state index in [1.807, 2.05) is 0 Å². The normalized spacial score (nSPS) is 10.5. The summed E-state index contributed by atoms with van der Waals surface area (Å²) in [4.78, 5) is 11.0. The second kappa shape index (κ2) is 5.19. The minimum Gasteiger partial charge on any atom is -0.506 e. The zero-order chi connectivity index (χ0) is 14.2. The summed E-state index contributed by atoms with van der Waals surface area (Å²) in [6.07, 6.45) is 0. The van der Waals surface area contributed by atoms with Crippen molar-refractivity contribution in [3.05, 3.63) is 51.2 Å². The first-order valence-electron chi connectivity index (χ1n) is 5.11. The Morgan fingerprint density at radius 3 is 2.47 bits per heavy atom. The highest BCUT2D eigenvalue weighted by molar-refractivity contribution is 9.10. The largest absolute Gasteiger partial charge is 0.506 e. The van der Waals surface area contributed by atoms with Crippen molar-refractivity contribution in [1.29, 1.82) is 0 Å². The van der Waals surface area contributed by atoms with Crippen molar-refractivity contribution in [3.8, 4) is 16.9 Å². The van der Waals surface area contributed by atoms with Gasteiger partial charge in [0.05, 0.1) is 9.50 Å². The minimum atomic E-state index is -1.26. The van der Waals surface area contributed by atoms with Crippen LogP contribution in [0.3, 0.4) is 0 Å². The monoisotopic (exact) mass is 344 g/mol. The lowest BCUT2D eigenvalue weighted by Gasteiger charge is -2.08. The first-order valence-corrected chi connectivity index (χ1v) is 6.28. The third-order valence-corrected chi connectivity index (χ3v) is 3.44. The van der Waals surface area contributed by atoms with E-state index in [-0.39, 0.29) is 20.8 Å². The molecule has 2 aromatic carbocycles. The van der Waals surface area contributed by atoms with Crippen molar-refractivity contribution < 1.29 is 19.4 Å². The molecule has 0 bridgehead atoms. The molecule has 0 atom stereocenters. The summed E-state index contributed by atoms with van der Waals surface area (Å²) in [6.45, 7) is 0. The van der Waals surface area contributed by atoms with Crippen molar-refractivity contribution >= 4 is 33.5 Å². The Bertz CT molecular complexity index is 673. The Hall–Kier alpha value is -1.59. The lowest BCUT2D eigenvalue weighted by atomic mass is 10.0. The second-order valence-corrected chi connectivity index (χ2v) is 5.05. The van der Waals surface area contributed by atoms with Gasteiger partial charge < -0.3 is 10.2 Å². The van der Waals surface area contributed by atoms with E-state index in [1.165, 1.54) is 30.3 Å². The Labute approximate surface area is 121 Å². The molecule has 2 N–H and O–H groups in total. The fourth-order valence-corrected chi connectivity index (χ4v) is 2.25. The number of carboxylic acid groups (broad SMARTS) is 1. The van der Waals surface area contributed by atoms with E-state index in [2.05, 4.69) is 15.9 Å². The summed E-state index contributed by atoms with van der Waals surface area (Å²) in [6, 6.07) is 6.89. The van der Waals surface area contributed by atoms with Crippen LogP contribution < -0.4 is 0 Å². The average Bonchev–Trinajstić information content (AvgIpc) is 2.35. The molecular formula is C13H7BrClFO3. The summed E-state index contributed by atoms with van der Waals surface area (Å²) in [5.41, 5.74) is 0.809. The zero-order valence-corrected chi connectivity index (χ0v) is 11.7. The molecular weight excluding hydrogens is 338 g/mol. The van der Waals surface area contributed by atoms with E-state index in [4.69, 9.17) is 16.7 Å². The predicted octanol–water partition coefficient (Wildman–Crippen LogP) is 4.31. The quantitative estimate of drug-likeness (QED) is 0.852. The summed E-state index contributed by atoms with van der Waals surface area (Å²) >= 11 is 8.76. The highest BCUT2D eigenvalue weighted by Crippen LogP contribution is 2.34. The second-order valence-electron chi connectivity index (χ2n) is 3.79. The fraction of sp³-hybridized carbons (Fsp3) is 0. The van der Waals surface area contributed by atoms with Crippen molar-refractivity contribution in [1.82, 2.24) is 0 Å². The number of carboxylic acids is 1. The first-order chi connectivity index (χ1) is 8.90. The van der Waals surface area contributed by atoms with Gasteiger partial charge in [-0.25, -0.2) is 9.18 Å². The van der Waals surface area contributed by atoms with Gasteiger partial charge in [0.15, 0.2) is 0 Å². The zero-order valence-electron chi connectivity index (χ0n) is 9.32. The van der Waals surface area contributed by atoms with Crippen molar-refractivity contribution in [3.63, 3.8) is 0 Å². The topological polar surface area (TPSA) is 57.5 Å². The number of aromatic carboxylic acids is 1. The summed E-state index contributed by atoms with van der Waals surface area (Å²) in [7, 11) is 0. The number of hydrogen-bond donors (Lipinski definition) is 2. The van der Waals surface area contributed by atoms with Crippen LogP contribution >= 0.6 is 27.5 Å². The van der Waals surface area contributed by atoms with Crippen molar-refractivity contribution in [2.24, 2.45) is 0 Å². The molecule has 0 heterocycles. The van der Waals surface area contributed by atoms with Gasteiger partial charge >= 0.3 is 5.97 Å². The first kappa shape index (κ1) is 13.8. The lowest BCUT2D eigenvalue weighted by Crippen LogP contribution is -1.98. The van der Waals surface area contributed by atoms with Crippen molar-refractivity contribution in [2.75, 3.05) is 0 Å². The number of halogens is 3. The standard InChI is InChI=1S/C13H7BrClFO3/c14-9-4-7(3-8(12(9)17)13(18)19)6-1-2-11(16)10(15)5-6/h1-5,17H,(H,18,19). The third kappa shape index (κ3) is 2.72. The van der Waals surface area contributed by atoms with Gasteiger partial charge in [0.1, 0.15) is 17.1 Å². The Balaban J connectivity index is 2.62. The molecule has 2 rings (SSSR count). The maximum atomic E-state index is 13.1. The number of carbonyl (C=O) groups is 1. The van der Waals surface area contributed by atoms with Crippen LogP contribution in [0.25, 0.3) is 11.1 Å². The highest BCUT2D eigenvalue weighted by atomic mass is 79.9. The smallest absolute Gasteiger partial charge is 0.339 e. The fourth-order valence-electron chi connectivity index (χ4n) is 1.60. The van der Waals surface area contributed by atoms with Crippen LogP contribution in [0, 0.1) is 5.82 Å². The molecule has 0 fully saturated rings. The average molecular weight is 346 g/mol. The van der Waals surface area contributed by atoms with E-state index in [1.54, 1.807) is 0 Å². The molecule has 0 aromatic heterocycles. The molecule has 0 aliphatic rings. The Morgan fingerprint density at radius 1 is 1.21 bits per heavy atom. The Kier molecular flexibility index (Phi) is 3.78. The van der Waals surface area contributed by atoms with Gasteiger partial charge in [-0.15, -0.1) is 0 Å². The summed E-state index contributed by atoms with van der Waals surface area (Å²) in [5, 5.41) is 18.6. The van der Waals surface area contributed by atoms with Crippen LogP contribution in [-0.4, -0.2) is 16.2 Å². The third-order valence-electron chi connectivity index (χ3n) is 2.55. The van der Waals surface area contributed by atoms with Crippen LogP contribution in [-0.2, 0) is 0 Å². The van der Waals surface area contributed by atoms with Crippen LogP contribution in [0.4, 0.5) is 4.39 Å². The van der Waals surface area contributed by atoms with Crippen LogP contribution in [0.15, 0.2) is 34.8 Å². The van der Waals surface area contributed by atoms with Gasteiger partial charge in [-0.3, -0.25) is 0 Å². The maximum Gasteiger partial charge on any atom is 0.339 e.